The highest BCUT2D eigenvalue weighted by molar-refractivity contribution is 7.80. The van der Waals surface area contributed by atoms with Crippen LogP contribution in [-0.4, -0.2) is 11.7 Å². The van der Waals surface area contributed by atoms with Crippen molar-refractivity contribution in [1.29, 1.82) is 0 Å². The highest BCUT2D eigenvalue weighted by Crippen LogP contribution is 2.18. The zero-order chi connectivity index (χ0) is 15.9. The molecule has 0 aliphatic carbocycles. The van der Waals surface area contributed by atoms with Crippen LogP contribution in [0.15, 0.2) is 48.5 Å². The first-order valence-corrected chi connectivity index (χ1v) is 7.19. The van der Waals surface area contributed by atoms with E-state index in [-0.39, 0.29) is 5.75 Å². The molecular formula is C16H16F2N2OS. The molecule has 3 nitrogen and oxygen atoms in total. The quantitative estimate of drug-likeness (QED) is 0.785. The summed E-state index contributed by atoms with van der Waals surface area (Å²) in [7, 11) is 0. The fourth-order valence-corrected chi connectivity index (χ4v) is 2.07. The fraction of sp³-hybridized carbons (Fsp3) is 0.188. The number of hydrogen-bond donors (Lipinski definition) is 2. The second kappa shape index (κ2) is 7.70. The largest absolute Gasteiger partial charge is 0.435 e. The second-order valence-corrected chi connectivity index (χ2v) is 4.94. The summed E-state index contributed by atoms with van der Waals surface area (Å²) >= 11 is 5.21. The van der Waals surface area contributed by atoms with Gasteiger partial charge in [0, 0.05) is 11.4 Å². The van der Waals surface area contributed by atoms with E-state index in [4.69, 9.17) is 12.2 Å². The van der Waals surface area contributed by atoms with E-state index in [0.29, 0.717) is 10.8 Å². The third kappa shape index (κ3) is 4.96. The number of hydrogen-bond acceptors (Lipinski definition) is 2. The molecule has 116 valence electrons. The Morgan fingerprint density at radius 2 is 1.50 bits per heavy atom. The van der Waals surface area contributed by atoms with Crippen molar-refractivity contribution in [3.63, 3.8) is 0 Å². The van der Waals surface area contributed by atoms with Gasteiger partial charge in [0.2, 0.25) is 0 Å². The normalized spacial score (nSPS) is 10.4. The van der Waals surface area contributed by atoms with E-state index in [2.05, 4.69) is 22.3 Å². The smallest absolute Gasteiger partial charge is 0.387 e. The van der Waals surface area contributed by atoms with Crippen LogP contribution in [-0.2, 0) is 6.42 Å². The predicted octanol–water partition coefficient (Wildman–Crippen LogP) is 4.66. The highest BCUT2D eigenvalue weighted by atomic mass is 32.1. The fourth-order valence-electron chi connectivity index (χ4n) is 1.84. The summed E-state index contributed by atoms with van der Waals surface area (Å²) in [4.78, 5) is 0. The summed E-state index contributed by atoms with van der Waals surface area (Å²) in [5.74, 6) is 0.106. The van der Waals surface area contributed by atoms with Crippen LogP contribution in [0.25, 0.3) is 0 Å². The molecular weight excluding hydrogens is 306 g/mol. The number of halogens is 2. The van der Waals surface area contributed by atoms with Crippen LogP contribution in [0.3, 0.4) is 0 Å². The van der Waals surface area contributed by atoms with Crippen LogP contribution in [0.2, 0.25) is 0 Å². The molecule has 0 aliphatic rings. The van der Waals surface area contributed by atoms with E-state index in [1.165, 1.54) is 17.7 Å². The van der Waals surface area contributed by atoms with Gasteiger partial charge in [0.25, 0.3) is 0 Å². The molecule has 0 radical (unpaired) electrons. The van der Waals surface area contributed by atoms with Gasteiger partial charge in [-0.3, -0.25) is 0 Å². The molecule has 2 aromatic rings. The maximum Gasteiger partial charge on any atom is 0.387 e. The van der Waals surface area contributed by atoms with Crippen molar-refractivity contribution in [2.45, 2.75) is 20.0 Å². The Morgan fingerprint density at radius 1 is 1.00 bits per heavy atom. The molecule has 0 heterocycles. The maximum atomic E-state index is 12.1. The minimum Gasteiger partial charge on any atom is -0.435 e. The lowest BCUT2D eigenvalue weighted by atomic mass is 10.1. The average molecular weight is 322 g/mol. The standard InChI is InChI=1S/C16H16F2N2OS/c1-2-11-3-5-12(6-4-11)19-16(22)20-13-7-9-14(10-8-13)21-15(17)18/h3-10,15H,2H2,1H3,(H2,19,20,22). The minimum atomic E-state index is -2.83. The third-order valence-electron chi connectivity index (χ3n) is 2.96. The summed E-state index contributed by atoms with van der Waals surface area (Å²) in [6, 6.07) is 14.1. The Kier molecular flexibility index (Phi) is 5.66. The van der Waals surface area contributed by atoms with Crippen LogP contribution in [0.4, 0.5) is 20.2 Å². The van der Waals surface area contributed by atoms with Gasteiger partial charge in [-0.05, 0) is 60.6 Å². The predicted molar refractivity (Wildman–Crippen MR) is 88.7 cm³/mol. The van der Waals surface area contributed by atoms with E-state index in [9.17, 15) is 8.78 Å². The molecule has 0 spiro atoms. The molecule has 0 aromatic heterocycles. The van der Waals surface area contributed by atoms with Gasteiger partial charge in [-0.1, -0.05) is 19.1 Å². The highest BCUT2D eigenvalue weighted by Gasteiger charge is 2.04. The monoisotopic (exact) mass is 322 g/mol. The third-order valence-corrected chi connectivity index (χ3v) is 3.16. The first kappa shape index (κ1) is 16.2. The Bertz CT molecular complexity index is 615. The Balaban J connectivity index is 1.90. The van der Waals surface area contributed by atoms with Crippen LogP contribution in [0.1, 0.15) is 12.5 Å². The average Bonchev–Trinajstić information content (AvgIpc) is 2.49. The van der Waals surface area contributed by atoms with Gasteiger partial charge in [0.05, 0.1) is 0 Å². The summed E-state index contributed by atoms with van der Waals surface area (Å²) in [6.07, 6.45) is 0.982. The maximum absolute atomic E-state index is 12.1. The lowest BCUT2D eigenvalue weighted by Crippen LogP contribution is -2.18. The Morgan fingerprint density at radius 3 is 1.95 bits per heavy atom. The molecule has 2 aromatic carbocycles. The van der Waals surface area contributed by atoms with E-state index in [0.717, 1.165) is 12.1 Å². The first-order chi connectivity index (χ1) is 10.6. The molecule has 0 aliphatic heterocycles. The SMILES string of the molecule is CCc1ccc(NC(=S)Nc2ccc(OC(F)F)cc2)cc1. The molecule has 22 heavy (non-hydrogen) atoms. The number of thiocarbonyl (C=S) groups is 1. The molecule has 0 fully saturated rings. The first-order valence-electron chi connectivity index (χ1n) is 6.78. The molecule has 0 amide bonds. The number of benzene rings is 2. The molecule has 0 saturated heterocycles. The van der Waals surface area contributed by atoms with Gasteiger partial charge in [-0.2, -0.15) is 8.78 Å². The molecule has 0 unspecified atom stereocenters. The summed E-state index contributed by atoms with van der Waals surface area (Å²) in [5.41, 5.74) is 2.82. The van der Waals surface area contributed by atoms with E-state index in [1.807, 2.05) is 24.3 Å². The van der Waals surface area contributed by atoms with Gasteiger partial charge in [0.15, 0.2) is 5.11 Å². The Labute approximate surface area is 133 Å². The number of nitrogens with one attached hydrogen (secondary N) is 2. The molecule has 2 rings (SSSR count). The Hall–Kier alpha value is -2.21. The van der Waals surface area contributed by atoms with Gasteiger partial charge >= 0.3 is 6.61 Å². The van der Waals surface area contributed by atoms with Crippen molar-refractivity contribution in [2.75, 3.05) is 10.6 Å². The molecule has 2 N–H and O–H groups in total. The van der Waals surface area contributed by atoms with Crippen molar-refractivity contribution < 1.29 is 13.5 Å². The van der Waals surface area contributed by atoms with Crippen molar-refractivity contribution >= 4 is 28.7 Å². The molecule has 0 saturated carbocycles. The number of anilines is 2. The van der Waals surface area contributed by atoms with Gasteiger partial charge in [0.1, 0.15) is 5.75 Å². The van der Waals surface area contributed by atoms with Gasteiger partial charge in [-0.15, -0.1) is 0 Å². The summed E-state index contributed by atoms with van der Waals surface area (Å²) in [5, 5.41) is 6.46. The molecule has 6 heteroatoms. The van der Waals surface area contributed by atoms with Crippen molar-refractivity contribution in [3.05, 3.63) is 54.1 Å². The van der Waals surface area contributed by atoms with Crippen LogP contribution in [0.5, 0.6) is 5.75 Å². The van der Waals surface area contributed by atoms with Crippen molar-refractivity contribution in [1.82, 2.24) is 0 Å². The number of ether oxygens (including phenoxy) is 1. The molecule has 0 bridgehead atoms. The van der Waals surface area contributed by atoms with Crippen molar-refractivity contribution in [3.8, 4) is 5.75 Å². The zero-order valence-electron chi connectivity index (χ0n) is 12.0. The number of alkyl halides is 2. The topological polar surface area (TPSA) is 33.3 Å². The lowest BCUT2D eigenvalue weighted by Gasteiger charge is -2.11. The lowest BCUT2D eigenvalue weighted by molar-refractivity contribution is -0.0498. The minimum absolute atomic E-state index is 0.106. The molecule has 0 atom stereocenters. The van der Waals surface area contributed by atoms with Crippen LogP contribution < -0.4 is 15.4 Å². The van der Waals surface area contributed by atoms with E-state index >= 15 is 0 Å². The number of rotatable bonds is 5. The van der Waals surface area contributed by atoms with Gasteiger partial charge < -0.3 is 15.4 Å². The van der Waals surface area contributed by atoms with Gasteiger partial charge in [-0.25, -0.2) is 0 Å². The summed E-state index contributed by atoms with van der Waals surface area (Å²) in [6.45, 7) is -0.733. The van der Waals surface area contributed by atoms with Crippen LogP contribution in [0, 0.1) is 0 Å². The number of aryl methyl sites for hydroxylation is 1. The zero-order valence-corrected chi connectivity index (χ0v) is 12.8. The second-order valence-electron chi connectivity index (χ2n) is 4.53. The van der Waals surface area contributed by atoms with E-state index < -0.39 is 6.61 Å². The van der Waals surface area contributed by atoms with Crippen LogP contribution >= 0.6 is 12.2 Å². The van der Waals surface area contributed by atoms with Crippen molar-refractivity contribution in [2.24, 2.45) is 0 Å². The summed E-state index contributed by atoms with van der Waals surface area (Å²) < 4.78 is 28.4. The van der Waals surface area contributed by atoms with E-state index in [1.54, 1.807) is 12.1 Å².